The van der Waals surface area contributed by atoms with Gasteiger partial charge in [0.2, 0.25) is 0 Å². The molecule has 2 aliphatic heterocycles. The molecule has 3 rings (SSSR count). The van der Waals surface area contributed by atoms with Crippen LogP contribution in [0.2, 0.25) is 0 Å². The summed E-state index contributed by atoms with van der Waals surface area (Å²) >= 11 is 0. The first-order chi connectivity index (χ1) is 12.8. The Morgan fingerprint density at radius 3 is 2.59 bits per heavy atom. The Morgan fingerprint density at radius 1 is 1.22 bits per heavy atom. The summed E-state index contributed by atoms with van der Waals surface area (Å²) in [5, 5.41) is 3.18. The lowest BCUT2D eigenvalue weighted by atomic mass is 9.99. The molecule has 0 bridgehead atoms. The van der Waals surface area contributed by atoms with Crippen LogP contribution in [0.3, 0.4) is 0 Å². The molecule has 1 amide bonds. The molecule has 0 radical (unpaired) electrons. The highest BCUT2D eigenvalue weighted by Crippen LogP contribution is 2.23. The SMILES string of the molecule is CC1CCN(C(=O)c2ccc(NCC3CCN(CC(F)(F)F)C3)nc2)CC1. The minimum atomic E-state index is -4.14. The molecule has 8 heteroatoms. The van der Waals surface area contributed by atoms with Crippen molar-refractivity contribution in [3.63, 3.8) is 0 Å². The van der Waals surface area contributed by atoms with Gasteiger partial charge in [-0.05, 0) is 49.8 Å². The molecule has 150 valence electrons. The summed E-state index contributed by atoms with van der Waals surface area (Å²) in [5.41, 5.74) is 0.576. The van der Waals surface area contributed by atoms with E-state index in [4.69, 9.17) is 0 Å². The van der Waals surface area contributed by atoms with Crippen LogP contribution in [0, 0.1) is 11.8 Å². The topological polar surface area (TPSA) is 48.5 Å². The molecular formula is C19H27F3N4O. The third-order valence-electron chi connectivity index (χ3n) is 5.43. The maximum Gasteiger partial charge on any atom is 0.401 e. The molecule has 2 aliphatic rings. The first kappa shape index (κ1) is 19.9. The average molecular weight is 384 g/mol. The van der Waals surface area contributed by atoms with Gasteiger partial charge in [-0.2, -0.15) is 13.2 Å². The van der Waals surface area contributed by atoms with Crippen molar-refractivity contribution in [1.82, 2.24) is 14.8 Å². The van der Waals surface area contributed by atoms with Gasteiger partial charge in [-0.25, -0.2) is 4.98 Å². The summed E-state index contributed by atoms with van der Waals surface area (Å²) in [7, 11) is 0. The summed E-state index contributed by atoms with van der Waals surface area (Å²) in [5.74, 6) is 1.50. The second-order valence-corrected chi connectivity index (χ2v) is 7.79. The zero-order valence-corrected chi connectivity index (χ0v) is 15.6. The number of aromatic nitrogens is 1. The van der Waals surface area contributed by atoms with E-state index in [0.717, 1.165) is 32.4 Å². The Bertz CT molecular complexity index is 627. The molecule has 0 aromatic carbocycles. The van der Waals surface area contributed by atoms with Crippen LogP contribution in [0.15, 0.2) is 18.3 Å². The third kappa shape index (κ3) is 5.82. The standard InChI is InChI=1S/C19H27F3N4O/c1-14-4-8-26(9-5-14)18(27)16-2-3-17(24-11-16)23-10-15-6-7-25(12-15)13-19(20,21)22/h2-3,11,14-15H,4-10,12-13H2,1H3,(H,23,24). The molecule has 1 aromatic rings. The Labute approximate surface area is 157 Å². The molecule has 5 nitrogen and oxygen atoms in total. The van der Waals surface area contributed by atoms with Gasteiger partial charge >= 0.3 is 6.18 Å². The number of carbonyl (C=O) groups excluding carboxylic acids is 1. The molecule has 1 unspecified atom stereocenters. The van der Waals surface area contributed by atoms with Gasteiger partial charge in [0.1, 0.15) is 5.82 Å². The van der Waals surface area contributed by atoms with Crippen LogP contribution in [0.1, 0.15) is 36.5 Å². The molecule has 2 saturated heterocycles. The van der Waals surface area contributed by atoms with Crippen molar-refractivity contribution in [2.24, 2.45) is 11.8 Å². The second-order valence-electron chi connectivity index (χ2n) is 7.79. The van der Waals surface area contributed by atoms with Gasteiger partial charge in [-0.15, -0.1) is 0 Å². The number of carbonyl (C=O) groups is 1. The molecule has 3 heterocycles. The Kier molecular flexibility index (Phi) is 6.24. The van der Waals surface area contributed by atoms with Gasteiger partial charge < -0.3 is 10.2 Å². The Balaban J connectivity index is 1.45. The van der Waals surface area contributed by atoms with Crippen molar-refractivity contribution in [2.75, 3.05) is 44.6 Å². The second kappa shape index (κ2) is 8.46. The number of anilines is 1. The van der Waals surface area contributed by atoms with Crippen LogP contribution in [-0.4, -0.2) is 66.1 Å². The van der Waals surface area contributed by atoms with E-state index in [2.05, 4.69) is 17.2 Å². The van der Waals surface area contributed by atoms with Crippen LogP contribution in [0.25, 0.3) is 0 Å². The molecule has 1 N–H and O–H groups in total. The maximum absolute atomic E-state index is 12.5. The largest absolute Gasteiger partial charge is 0.401 e. The fourth-order valence-corrected chi connectivity index (χ4v) is 3.74. The number of rotatable bonds is 5. The number of nitrogens with zero attached hydrogens (tertiary/aromatic N) is 3. The van der Waals surface area contributed by atoms with Gasteiger partial charge in [0, 0.05) is 32.4 Å². The molecule has 27 heavy (non-hydrogen) atoms. The first-order valence-corrected chi connectivity index (χ1v) is 9.58. The zero-order chi connectivity index (χ0) is 19.4. The number of nitrogens with one attached hydrogen (secondary N) is 1. The third-order valence-corrected chi connectivity index (χ3v) is 5.43. The van der Waals surface area contributed by atoms with Crippen LogP contribution in [-0.2, 0) is 0 Å². The van der Waals surface area contributed by atoms with E-state index in [9.17, 15) is 18.0 Å². The lowest BCUT2D eigenvalue weighted by Gasteiger charge is -2.30. The molecular weight excluding hydrogens is 357 g/mol. The summed E-state index contributed by atoms with van der Waals surface area (Å²) in [6.45, 7) is 4.44. The summed E-state index contributed by atoms with van der Waals surface area (Å²) in [6.07, 6.45) is 0.246. The number of hydrogen-bond donors (Lipinski definition) is 1. The van der Waals surface area contributed by atoms with Crippen molar-refractivity contribution in [2.45, 2.75) is 32.4 Å². The molecule has 1 atom stereocenters. The smallest absolute Gasteiger partial charge is 0.370 e. The van der Waals surface area contributed by atoms with E-state index < -0.39 is 12.7 Å². The fourth-order valence-electron chi connectivity index (χ4n) is 3.74. The maximum atomic E-state index is 12.5. The van der Waals surface area contributed by atoms with E-state index in [1.54, 1.807) is 18.3 Å². The molecule has 0 aliphatic carbocycles. The van der Waals surface area contributed by atoms with Gasteiger partial charge in [0.25, 0.3) is 5.91 Å². The van der Waals surface area contributed by atoms with Crippen LogP contribution < -0.4 is 5.32 Å². The molecule has 0 saturated carbocycles. The number of alkyl halides is 3. The number of halogens is 3. The highest BCUT2D eigenvalue weighted by atomic mass is 19.4. The highest BCUT2D eigenvalue weighted by molar-refractivity contribution is 5.94. The van der Waals surface area contributed by atoms with Gasteiger partial charge in [-0.1, -0.05) is 6.92 Å². The van der Waals surface area contributed by atoms with Gasteiger partial charge in [0.15, 0.2) is 0 Å². The minimum absolute atomic E-state index is 0.0135. The lowest BCUT2D eigenvalue weighted by molar-refractivity contribution is -0.143. The quantitative estimate of drug-likeness (QED) is 0.847. The van der Waals surface area contributed by atoms with Gasteiger partial charge in [0.05, 0.1) is 12.1 Å². The van der Waals surface area contributed by atoms with E-state index in [-0.39, 0.29) is 11.8 Å². The predicted molar refractivity (Wildman–Crippen MR) is 97.6 cm³/mol. The summed E-state index contributed by atoms with van der Waals surface area (Å²) in [4.78, 5) is 20.1. The number of pyridine rings is 1. The van der Waals surface area contributed by atoms with Gasteiger partial charge in [-0.3, -0.25) is 9.69 Å². The van der Waals surface area contributed by atoms with Crippen molar-refractivity contribution in [1.29, 1.82) is 0 Å². The monoisotopic (exact) mass is 384 g/mol. The molecule has 2 fully saturated rings. The van der Waals surface area contributed by atoms with E-state index >= 15 is 0 Å². The number of hydrogen-bond acceptors (Lipinski definition) is 4. The first-order valence-electron chi connectivity index (χ1n) is 9.58. The molecule has 1 aromatic heterocycles. The predicted octanol–water partition coefficient (Wildman–Crippen LogP) is 3.25. The van der Waals surface area contributed by atoms with Crippen molar-refractivity contribution in [3.8, 4) is 0 Å². The summed E-state index contributed by atoms with van der Waals surface area (Å²) in [6, 6.07) is 3.53. The molecule has 0 spiro atoms. The van der Waals surface area contributed by atoms with Crippen molar-refractivity contribution >= 4 is 11.7 Å². The van der Waals surface area contributed by atoms with Crippen LogP contribution >= 0.6 is 0 Å². The number of likely N-dealkylation sites (tertiary alicyclic amines) is 2. The normalized spacial score (nSPS) is 22.2. The van der Waals surface area contributed by atoms with E-state index in [1.165, 1.54) is 4.90 Å². The Morgan fingerprint density at radius 2 is 1.96 bits per heavy atom. The Hall–Kier alpha value is -1.83. The lowest BCUT2D eigenvalue weighted by Crippen LogP contribution is -2.37. The van der Waals surface area contributed by atoms with Crippen molar-refractivity contribution < 1.29 is 18.0 Å². The van der Waals surface area contributed by atoms with E-state index in [1.807, 2.05) is 4.90 Å². The van der Waals surface area contributed by atoms with Crippen molar-refractivity contribution in [3.05, 3.63) is 23.9 Å². The zero-order valence-electron chi connectivity index (χ0n) is 15.6. The van der Waals surface area contributed by atoms with E-state index in [0.29, 0.717) is 36.9 Å². The highest BCUT2D eigenvalue weighted by Gasteiger charge is 2.34. The summed E-state index contributed by atoms with van der Waals surface area (Å²) < 4.78 is 37.3. The minimum Gasteiger partial charge on any atom is -0.370 e. The van der Waals surface area contributed by atoms with Crippen LogP contribution in [0.5, 0.6) is 0 Å². The number of piperidine rings is 1. The average Bonchev–Trinajstić information content (AvgIpc) is 3.06. The number of amides is 1. The van der Waals surface area contributed by atoms with Crippen LogP contribution in [0.4, 0.5) is 19.0 Å². The fraction of sp³-hybridized carbons (Fsp3) is 0.684.